The van der Waals surface area contributed by atoms with Gasteiger partial charge in [0.1, 0.15) is 0 Å². The summed E-state index contributed by atoms with van der Waals surface area (Å²) in [7, 11) is 0. The molecule has 0 aliphatic heterocycles. The van der Waals surface area contributed by atoms with Crippen LogP contribution in [-0.2, 0) is 4.79 Å². The molecule has 8 heteroatoms. The van der Waals surface area contributed by atoms with Crippen molar-refractivity contribution in [2.75, 3.05) is 11.9 Å². The molecule has 1 rings (SSSR count). The second kappa shape index (κ2) is 6.31. The van der Waals surface area contributed by atoms with Crippen molar-refractivity contribution in [2.45, 2.75) is 0 Å². The lowest BCUT2D eigenvalue weighted by molar-refractivity contribution is -0.115. The highest BCUT2D eigenvalue weighted by atomic mass is 127. The van der Waals surface area contributed by atoms with E-state index in [0.717, 1.165) is 0 Å². The molecule has 0 fully saturated rings. The van der Waals surface area contributed by atoms with Crippen molar-refractivity contribution in [3.8, 4) is 0 Å². The molecule has 0 aliphatic carbocycles. The molecular weight excluding hydrogens is 351 g/mol. The molecule has 7 nitrogen and oxygen atoms in total. The number of primary amides is 2. The minimum Gasteiger partial charge on any atom is -0.366 e. The lowest BCUT2D eigenvalue weighted by atomic mass is 10.1. The van der Waals surface area contributed by atoms with E-state index in [-0.39, 0.29) is 23.4 Å². The maximum Gasteiger partial charge on any atom is 0.250 e. The third-order valence-corrected chi connectivity index (χ3v) is 2.47. The Bertz CT molecular complexity index is 472. The number of nitrogens with two attached hydrogens (primary N) is 2. The predicted octanol–water partition coefficient (Wildman–Crippen LogP) is -0.237. The fourth-order valence-corrected chi connectivity index (χ4v) is 1.69. The van der Waals surface area contributed by atoms with E-state index in [0.29, 0.717) is 0 Å². The van der Waals surface area contributed by atoms with Gasteiger partial charge in [0.2, 0.25) is 5.91 Å². The first-order valence-electron chi connectivity index (χ1n) is 4.83. The van der Waals surface area contributed by atoms with E-state index >= 15 is 0 Å². The average Bonchev–Trinajstić information content (AvgIpc) is 2.28. The van der Waals surface area contributed by atoms with E-state index in [1.54, 1.807) is 22.9 Å². The summed E-state index contributed by atoms with van der Waals surface area (Å²) in [6, 6.07) is 4.27. The third-order valence-electron chi connectivity index (χ3n) is 2.09. The number of hydrogen-bond acceptors (Lipinski definition) is 4. The maximum atomic E-state index is 11.5. The second-order valence-electron chi connectivity index (χ2n) is 3.32. The lowest BCUT2D eigenvalue weighted by Crippen LogP contribution is -2.27. The van der Waals surface area contributed by atoms with Gasteiger partial charge in [-0.25, -0.2) is 0 Å². The van der Waals surface area contributed by atoms with Crippen LogP contribution in [0.2, 0.25) is 0 Å². The normalized spacial score (nSPS) is 9.83. The summed E-state index contributed by atoms with van der Waals surface area (Å²) in [5.74, 6) is -1.92. The van der Waals surface area contributed by atoms with Crippen LogP contribution in [0.3, 0.4) is 0 Å². The summed E-state index contributed by atoms with van der Waals surface area (Å²) in [6.45, 7) is 0.0197. The zero-order valence-corrected chi connectivity index (χ0v) is 11.4. The van der Waals surface area contributed by atoms with E-state index in [1.807, 2.05) is 0 Å². The van der Waals surface area contributed by atoms with Gasteiger partial charge in [0.25, 0.3) is 11.8 Å². The molecule has 0 saturated carbocycles. The fourth-order valence-electron chi connectivity index (χ4n) is 1.34. The summed E-state index contributed by atoms with van der Waals surface area (Å²) >= 11 is 1.80. The number of para-hydroxylation sites is 1. The highest BCUT2D eigenvalue weighted by Crippen LogP contribution is 2.20. The van der Waals surface area contributed by atoms with E-state index < -0.39 is 17.7 Å². The van der Waals surface area contributed by atoms with Gasteiger partial charge in [0.15, 0.2) is 0 Å². The first-order valence-corrected chi connectivity index (χ1v) is 5.91. The van der Waals surface area contributed by atoms with Crippen molar-refractivity contribution >= 4 is 46.3 Å². The van der Waals surface area contributed by atoms with Crippen LogP contribution >= 0.6 is 22.9 Å². The number of rotatable bonds is 5. The first kappa shape index (κ1) is 14.4. The van der Waals surface area contributed by atoms with Gasteiger partial charge >= 0.3 is 0 Å². The molecule has 0 saturated heterocycles. The Hall–Kier alpha value is -1.68. The van der Waals surface area contributed by atoms with E-state index in [1.165, 1.54) is 18.2 Å². The highest BCUT2D eigenvalue weighted by Gasteiger charge is 2.17. The Morgan fingerprint density at radius 1 is 1.11 bits per heavy atom. The van der Waals surface area contributed by atoms with Gasteiger partial charge in [0.05, 0.1) is 23.4 Å². The molecule has 0 spiro atoms. The monoisotopic (exact) mass is 362 g/mol. The van der Waals surface area contributed by atoms with Gasteiger partial charge in [-0.2, -0.15) is 0 Å². The SMILES string of the molecule is NC(=O)c1cccc(C(N)=O)c1NC(=O)CNI. The molecule has 3 amide bonds. The number of carbonyl (C=O) groups excluding carboxylic acids is 3. The zero-order valence-electron chi connectivity index (χ0n) is 9.20. The van der Waals surface area contributed by atoms with Crippen molar-refractivity contribution in [3.63, 3.8) is 0 Å². The van der Waals surface area contributed by atoms with Gasteiger partial charge in [-0.3, -0.25) is 17.9 Å². The highest BCUT2D eigenvalue weighted by molar-refractivity contribution is 14.1. The lowest BCUT2D eigenvalue weighted by Gasteiger charge is -2.12. The Labute approximate surface area is 117 Å². The van der Waals surface area contributed by atoms with Crippen LogP contribution in [0.4, 0.5) is 5.69 Å². The number of hydrogen-bond donors (Lipinski definition) is 4. The van der Waals surface area contributed by atoms with Gasteiger partial charge in [-0.1, -0.05) is 6.07 Å². The molecule has 0 heterocycles. The molecule has 0 radical (unpaired) electrons. The van der Waals surface area contributed by atoms with Crippen molar-refractivity contribution in [1.82, 2.24) is 3.53 Å². The van der Waals surface area contributed by atoms with E-state index in [9.17, 15) is 14.4 Å². The fraction of sp³-hybridized carbons (Fsp3) is 0.100. The molecule has 18 heavy (non-hydrogen) atoms. The molecule has 1 aromatic rings. The van der Waals surface area contributed by atoms with Crippen LogP contribution in [0.25, 0.3) is 0 Å². The van der Waals surface area contributed by atoms with Crippen LogP contribution in [0.15, 0.2) is 18.2 Å². The van der Waals surface area contributed by atoms with Crippen LogP contribution in [0.1, 0.15) is 20.7 Å². The quantitative estimate of drug-likeness (QED) is 0.426. The molecule has 1 aromatic carbocycles. The molecule has 0 aromatic heterocycles. The summed E-state index contributed by atoms with van der Waals surface area (Å²) in [5.41, 5.74) is 10.5. The van der Waals surface area contributed by atoms with E-state index in [2.05, 4.69) is 8.85 Å². The molecular formula is C10H11IN4O3. The van der Waals surface area contributed by atoms with Crippen LogP contribution in [-0.4, -0.2) is 24.3 Å². The summed E-state index contributed by atoms with van der Waals surface area (Å²) in [6.07, 6.45) is 0. The smallest absolute Gasteiger partial charge is 0.250 e. The third kappa shape index (κ3) is 3.40. The second-order valence-corrected chi connectivity index (χ2v) is 4.08. The van der Waals surface area contributed by atoms with Crippen molar-refractivity contribution in [1.29, 1.82) is 0 Å². The summed E-state index contributed by atoms with van der Waals surface area (Å²) < 4.78 is 2.61. The molecule has 96 valence electrons. The van der Waals surface area contributed by atoms with Crippen LogP contribution < -0.4 is 20.3 Å². The number of benzene rings is 1. The summed E-state index contributed by atoms with van der Waals surface area (Å²) in [5, 5.41) is 2.43. The predicted molar refractivity (Wildman–Crippen MR) is 74.1 cm³/mol. The topological polar surface area (TPSA) is 127 Å². The van der Waals surface area contributed by atoms with Gasteiger partial charge in [0, 0.05) is 22.9 Å². The minimum atomic E-state index is -0.754. The van der Waals surface area contributed by atoms with Gasteiger partial charge in [-0.05, 0) is 12.1 Å². The van der Waals surface area contributed by atoms with Crippen molar-refractivity contribution in [3.05, 3.63) is 29.3 Å². The maximum absolute atomic E-state index is 11.5. The number of anilines is 1. The minimum absolute atomic E-state index is 0.0197. The Morgan fingerprint density at radius 3 is 2.00 bits per heavy atom. The Kier molecular flexibility index (Phi) is 5.04. The Balaban J connectivity index is 3.23. The number of carbonyl (C=O) groups is 3. The average molecular weight is 362 g/mol. The van der Waals surface area contributed by atoms with Crippen LogP contribution in [0.5, 0.6) is 0 Å². The number of nitrogens with one attached hydrogen (secondary N) is 2. The standard InChI is InChI=1S/C10H11IN4O3/c11-14-4-7(16)15-8-5(9(12)17)2-1-3-6(8)10(13)18/h1-3,14H,4H2,(H2,12,17)(H2,13,18)(H,15,16). The largest absolute Gasteiger partial charge is 0.366 e. The molecule has 0 aliphatic rings. The Morgan fingerprint density at radius 2 is 1.61 bits per heavy atom. The molecule has 0 bridgehead atoms. The molecule has 0 atom stereocenters. The van der Waals surface area contributed by atoms with Gasteiger partial charge in [-0.15, -0.1) is 0 Å². The van der Waals surface area contributed by atoms with Crippen molar-refractivity contribution in [2.24, 2.45) is 11.5 Å². The van der Waals surface area contributed by atoms with Crippen LogP contribution in [0, 0.1) is 0 Å². The molecule has 6 N–H and O–H groups in total. The van der Waals surface area contributed by atoms with E-state index in [4.69, 9.17) is 11.5 Å². The number of amides is 3. The number of halogens is 1. The first-order chi connectivity index (χ1) is 8.47. The summed E-state index contributed by atoms with van der Waals surface area (Å²) in [4.78, 5) is 34.0. The van der Waals surface area contributed by atoms with Crippen molar-refractivity contribution < 1.29 is 14.4 Å². The van der Waals surface area contributed by atoms with Gasteiger partial charge < -0.3 is 16.8 Å². The molecule has 0 unspecified atom stereocenters. The zero-order chi connectivity index (χ0) is 13.7.